The summed E-state index contributed by atoms with van der Waals surface area (Å²) in [5.74, 6) is 0. The minimum Gasteiger partial charge on any atom is -0.309 e. The minimum absolute atomic E-state index is 0.601. The summed E-state index contributed by atoms with van der Waals surface area (Å²) in [6, 6.07) is 86.3. The van der Waals surface area contributed by atoms with Crippen molar-refractivity contribution < 1.29 is 0 Å². The van der Waals surface area contributed by atoms with Crippen LogP contribution in [0.25, 0.3) is 60.9 Å². The predicted molar refractivity (Wildman–Crippen MR) is 235 cm³/mol. The second-order valence-electron chi connectivity index (χ2n) is 14.5. The van der Waals surface area contributed by atoms with Crippen LogP contribution in [-0.2, 0) is 5.41 Å². The molecule has 10 rings (SSSR count). The summed E-state index contributed by atoms with van der Waals surface area (Å²) in [5.41, 5.74) is 15.0. The molecule has 0 saturated carbocycles. The molecule has 0 amide bonds. The molecule has 1 nitrogen and oxygen atoms in total. The first kappa shape index (κ1) is 33.4. The van der Waals surface area contributed by atoms with Gasteiger partial charge in [0.1, 0.15) is 0 Å². The van der Waals surface area contributed by atoms with Crippen molar-refractivity contribution in [2.45, 2.75) is 5.41 Å². The molecule has 1 aromatic heterocycles. The van der Waals surface area contributed by atoms with E-state index in [0.29, 0.717) is 0 Å². The maximum absolute atomic E-state index is 2.41. The Morgan fingerprint density at radius 2 is 0.607 bits per heavy atom. The van der Waals surface area contributed by atoms with E-state index in [1.165, 1.54) is 77.4 Å². The number of benzene rings is 9. The normalized spacial score (nSPS) is 11.6. The van der Waals surface area contributed by atoms with Gasteiger partial charge in [0.25, 0.3) is 0 Å². The van der Waals surface area contributed by atoms with Gasteiger partial charge in [0, 0.05) is 16.5 Å². The van der Waals surface area contributed by atoms with Crippen LogP contribution in [0.2, 0.25) is 0 Å². The number of nitrogens with zero attached hydrogens (tertiary/aromatic N) is 1. The van der Waals surface area contributed by atoms with Gasteiger partial charge in [-0.2, -0.15) is 0 Å². The van der Waals surface area contributed by atoms with Crippen LogP contribution in [0, 0.1) is 0 Å². The lowest BCUT2D eigenvalue weighted by molar-refractivity contribution is 0.746. The van der Waals surface area contributed by atoms with Gasteiger partial charge in [-0.25, -0.2) is 0 Å². The van der Waals surface area contributed by atoms with Gasteiger partial charge < -0.3 is 4.57 Å². The molecule has 0 unspecified atom stereocenters. The van der Waals surface area contributed by atoms with Gasteiger partial charge in [-0.15, -0.1) is 0 Å². The Kier molecular flexibility index (Phi) is 8.46. The summed E-state index contributed by atoms with van der Waals surface area (Å²) in [4.78, 5) is 0. The van der Waals surface area contributed by atoms with E-state index in [1.807, 2.05) is 0 Å². The Morgan fingerprint density at radius 1 is 0.250 bits per heavy atom. The van der Waals surface area contributed by atoms with Gasteiger partial charge in [0.2, 0.25) is 0 Å². The van der Waals surface area contributed by atoms with Gasteiger partial charge in [-0.3, -0.25) is 0 Å². The highest BCUT2D eigenvalue weighted by Gasteiger charge is 2.38. The zero-order valence-electron chi connectivity index (χ0n) is 31.0. The van der Waals surface area contributed by atoms with E-state index >= 15 is 0 Å². The summed E-state index contributed by atoms with van der Waals surface area (Å²) in [6.07, 6.45) is 0. The van der Waals surface area contributed by atoms with E-state index in [0.717, 1.165) is 5.69 Å². The molecule has 264 valence electrons. The average molecular weight is 714 g/mol. The summed E-state index contributed by atoms with van der Waals surface area (Å²) in [6.45, 7) is 0. The summed E-state index contributed by atoms with van der Waals surface area (Å²) >= 11 is 0. The van der Waals surface area contributed by atoms with Crippen molar-refractivity contribution in [3.63, 3.8) is 0 Å². The quantitative estimate of drug-likeness (QED) is 0.138. The van der Waals surface area contributed by atoms with Crippen LogP contribution in [-0.4, -0.2) is 4.57 Å². The molecule has 56 heavy (non-hydrogen) atoms. The largest absolute Gasteiger partial charge is 0.309 e. The molecule has 9 aromatic carbocycles. The van der Waals surface area contributed by atoms with E-state index in [2.05, 4.69) is 241 Å². The molecule has 0 atom stereocenters. The zero-order chi connectivity index (χ0) is 37.3. The topological polar surface area (TPSA) is 4.93 Å². The molecule has 0 bridgehead atoms. The summed E-state index contributed by atoms with van der Waals surface area (Å²) in [5, 5.41) is 2.53. The van der Waals surface area contributed by atoms with E-state index in [1.54, 1.807) is 0 Å². The Labute approximate surface area is 328 Å². The molecule has 0 radical (unpaired) electrons. The molecular formula is C55H39N. The van der Waals surface area contributed by atoms with Crippen LogP contribution >= 0.6 is 0 Å². The fourth-order valence-electron chi connectivity index (χ4n) is 8.77. The third kappa shape index (κ3) is 5.73. The van der Waals surface area contributed by atoms with Crippen LogP contribution in [0.4, 0.5) is 0 Å². The van der Waals surface area contributed by atoms with E-state index in [-0.39, 0.29) is 0 Å². The van der Waals surface area contributed by atoms with Crippen LogP contribution < -0.4 is 0 Å². The first-order chi connectivity index (χ1) is 27.8. The predicted octanol–water partition coefficient (Wildman–Crippen LogP) is 14.2. The van der Waals surface area contributed by atoms with Crippen LogP contribution in [0.3, 0.4) is 0 Å². The summed E-state index contributed by atoms with van der Waals surface area (Å²) < 4.78 is 2.40. The van der Waals surface area contributed by atoms with Crippen molar-refractivity contribution in [3.8, 4) is 39.1 Å². The fraction of sp³-hybridized carbons (Fsp3) is 0.0182. The van der Waals surface area contributed by atoms with Crippen LogP contribution in [0.1, 0.15) is 22.3 Å². The van der Waals surface area contributed by atoms with Gasteiger partial charge in [-0.05, 0) is 98.1 Å². The minimum atomic E-state index is -0.601. The lowest BCUT2D eigenvalue weighted by atomic mass is 9.64. The van der Waals surface area contributed by atoms with Gasteiger partial charge in [0.05, 0.1) is 16.4 Å². The lowest BCUT2D eigenvalue weighted by Crippen LogP contribution is -2.31. The van der Waals surface area contributed by atoms with Gasteiger partial charge >= 0.3 is 0 Å². The molecule has 0 N–H and O–H groups in total. The third-order valence-electron chi connectivity index (χ3n) is 11.3. The number of rotatable bonds is 8. The molecule has 0 spiro atoms. The zero-order valence-corrected chi connectivity index (χ0v) is 31.0. The first-order valence-corrected chi connectivity index (χ1v) is 19.3. The van der Waals surface area contributed by atoms with Crippen LogP contribution in [0.15, 0.2) is 237 Å². The molecule has 1 heteroatoms. The summed E-state index contributed by atoms with van der Waals surface area (Å²) in [7, 11) is 0. The number of fused-ring (bicyclic) bond motifs is 3. The second kappa shape index (κ2) is 14.2. The Hall–Kier alpha value is -7.22. The average Bonchev–Trinajstić information content (AvgIpc) is 3.63. The van der Waals surface area contributed by atoms with Gasteiger partial charge in [0.15, 0.2) is 0 Å². The van der Waals surface area contributed by atoms with Crippen LogP contribution in [0.5, 0.6) is 0 Å². The van der Waals surface area contributed by atoms with E-state index in [9.17, 15) is 0 Å². The van der Waals surface area contributed by atoms with Gasteiger partial charge in [-0.1, -0.05) is 194 Å². The lowest BCUT2D eigenvalue weighted by Gasteiger charge is -2.37. The molecule has 0 saturated heterocycles. The molecule has 0 aliphatic rings. The molecule has 1 heterocycles. The van der Waals surface area contributed by atoms with Crippen molar-refractivity contribution in [1.29, 1.82) is 0 Å². The maximum atomic E-state index is 2.41. The number of hydrogen-bond acceptors (Lipinski definition) is 0. The SMILES string of the molecule is c1ccc(-c2cccc(-c3cccc(C(c4ccccc4)(c4ccccc4)c4cccc(-c5cccc(-n6c7ccccc7c7ccccc76)c5)c4)c3)c2)cc1. The Bertz CT molecular complexity index is 2860. The first-order valence-electron chi connectivity index (χ1n) is 19.3. The van der Waals surface area contributed by atoms with E-state index in [4.69, 9.17) is 0 Å². The number of para-hydroxylation sites is 2. The fourth-order valence-corrected chi connectivity index (χ4v) is 8.77. The second-order valence-corrected chi connectivity index (χ2v) is 14.5. The molecule has 0 aliphatic heterocycles. The standard InChI is InChI=1S/C55H39N/c1-4-18-40(19-5-1)41-20-14-21-42(36-41)43-22-15-29-48(37-43)55(46-25-6-2-7-26-46,47-27-8-3-9-28-47)49-30-16-23-44(38-49)45-24-17-31-50(39-45)56-53-34-12-10-32-51(53)52-33-11-13-35-54(52)56/h1-39H. The Balaban J connectivity index is 1.16. The molecular weight excluding hydrogens is 675 g/mol. The molecule has 0 aliphatic carbocycles. The Morgan fingerprint density at radius 3 is 1.14 bits per heavy atom. The third-order valence-corrected chi connectivity index (χ3v) is 11.3. The van der Waals surface area contributed by atoms with E-state index < -0.39 is 5.41 Å². The highest BCUT2D eigenvalue weighted by molar-refractivity contribution is 6.09. The van der Waals surface area contributed by atoms with Crippen molar-refractivity contribution in [1.82, 2.24) is 4.57 Å². The van der Waals surface area contributed by atoms with Crippen molar-refractivity contribution in [3.05, 3.63) is 259 Å². The van der Waals surface area contributed by atoms with Crippen molar-refractivity contribution >= 4 is 21.8 Å². The number of hydrogen-bond donors (Lipinski definition) is 0. The molecule has 10 aromatic rings. The monoisotopic (exact) mass is 713 g/mol. The number of aromatic nitrogens is 1. The molecule has 0 fully saturated rings. The van der Waals surface area contributed by atoms with Crippen molar-refractivity contribution in [2.75, 3.05) is 0 Å². The highest BCUT2D eigenvalue weighted by Crippen LogP contribution is 2.47. The highest BCUT2D eigenvalue weighted by atomic mass is 15.0. The van der Waals surface area contributed by atoms with Crippen molar-refractivity contribution in [2.24, 2.45) is 0 Å². The smallest absolute Gasteiger partial charge is 0.0702 e. The maximum Gasteiger partial charge on any atom is 0.0702 e.